The van der Waals surface area contributed by atoms with Crippen LogP contribution < -0.4 is 10.2 Å². The van der Waals surface area contributed by atoms with Crippen molar-refractivity contribution in [3.8, 4) is 0 Å². The highest BCUT2D eigenvalue weighted by Gasteiger charge is 2.16. The van der Waals surface area contributed by atoms with Gasteiger partial charge in [-0.05, 0) is 39.2 Å². The third-order valence-electron chi connectivity index (χ3n) is 3.86. The molecule has 1 amide bonds. The lowest BCUT2D eigenvalue weighted by Crippen LogP contribution is -2.30. The van der Waals surface area contributed by atoms with E-state index in [0.717, 1.165) is 24.7 Å². The first-order valence-electron chi connectivity index (χ1n) is 7.59. The highest BCUT2D eigenvalue weighted by Crippen LogP contribution is 2.20. The van der Waals surface area contributed by atoms with Crippen molar-refractivity contribution < 1.29 is 9.21 Å². The van der Waals surface area contributed by atoms with Crippen LogP contribution in [-0.4, -0.2) is 29.0 Å². The van der Waals surface area contributed by atoms with Crippen molar-refractivity contribution in [2.24, 2.45) is 0 Å². The standard InChI is InChI=1S/C16H20N4O2/c1-11-8-13(12(2)22-11)16(21)19-14-9-15(18-10-17-14)20-6-4-3-5-7-20/h8-10H,3-7H2,1-2H3,(H,17,18,19,21). The maximum absolute atomic E-state index is 12.3. The van der Waals surface area contributed by atoms with Gasteiger partial charge in [0.2, 0.25) is 0 Å². The molecular weight excluding hydrogens is 280 g/mol. The molecule has 116 valence electrons. The summed E-state index contributed by atoms with van der Waals surface area (Å²) in [5, 5.41) is 2.82. The van der Waals surface area contributed by atoms with E-state index in [1.54, 1.807) is 13.0 Å². The fourth-order valence-corrected chi connectivity index (χ4v) is 2.75. The Labute approximate surface area is 129 Å². The second-order valence-electron chi connectivity index (χ2n) is 5.59. The van der Waals surface area contributed by atoms with E-state index in [-0.39, 0.29) is 5.91 Å². The van der Waals surface area contributed by atoms with Crippen LogP contribution in [0.5, 0.6) is 0 Å². The first-order chi connectivity index (χ1) is 10.6. The third kappa shape index (κ3) is 3.10. The number of anilines is 2. The number of piperidine rings is 1. The van der Waals surface area contributed by atoms with E-state index in [4.69, 9.17) is 4.42 Å². The molecule has 0 aromatic carbocycles. The van der Waals surface area contributed by atoms with Crippen molar-refractivity contribution in [1.82, 2.24) is 9.97 Å². The third-order valence-corrected chi connectivity index (χ3v) is 3.86. The summed E-state index contributed by atoms with van der Waals surface area (Å²) in [6, 6.07) is 3.56. The second kappa shape index (κ2) is 6.17. The SMILES string of the molecule is Cc1cc(C(=O)Nc2cc(N3CCCCC3)ncn2)c(C)o1. The van der Waals surface area contributed by atoms with Crippen LogP contribution in [0.25, 0.3) is 0 Å². The number of hydrogen-bond acceptors (Lipinski definition) is 5. The molecule has 0 bridgehead atoms. The van der Waals surface area contributed by atoms with Crippen LogP contribution in [0.3, 0.4) is 0 Å². The zero-order chi connectivity index (χ0) is 15.5. The monoisotopic (exact) mass is 300 g/mol. The summed E-state index contributed by atoms with van der Waals surface area (Å²) in [5.41, 5.74) is 0.538. The molecule has 0 aliphatic carbocycles. The summed E-state index contributed by atoms with van der Waals surface area (Å²) in [6.45, 7) is 5.61. The number of carbonyl (C=O) groups excluding carboxylic acids is 1. The lowest BCUT2D eigenvalue weighted by Gasteiger charge is -2.27. The van der Waals surface area contributed by atoms with Gasteiger partial charge >= 0.3 is 0 Å². The molecule has 1 saturated heterocycles. The van der Waals surface area contributed by atoms with Gasteiger partial charge in [-0.25, -0.2) is 9.97 Å². The molecule has 0 radical (unpaired) electrons. The number of hydrogen-bond donors (Lipinski definition) is 1. The molecule has 6 heteroatoms. The summed E-state index contributed by atoms with van der Waals surface area (Å²) in [5.74, 6) is 2.50. The van der Waals surface area contributed by atoms with Crippen molar-refractivity contribution in [2.75, 3.05) is 23.3 Å². The molecule has 3 heterocycles. The molecule has 1 aliphatic rings. The first kappa shape index (κ1) is 14.6. The largest absolute Gasteiger partial charge is 0.466 e. The molecule has 6 nitrogen and oxygen atoms in total. The molecule has 3 rings (SSSR count). The minimum atomic E-state index is -0.211. The number of furan rings is 1. The number of amides is 1. The molecule has 1 N–H and O–H groups in total. The topological polar surface area (TPSA) is 71.3 Å². The number of nitrogens with one attached hydrogen (secondary N) is 1. The quantitative estimate of drug-likeness (QED) is 0.943. The van der Waals surface area contributed by atoms with E-state index in [9.17, 15) is 4.79 Å². The van der Waals surface area contributed by atoms with Gasteiger partial charge in [-0.3, -0.25) is 4.79 Å². The molecule has 0 unspecified atom stereocenters. The van der Waals surface area contributed by atoms with Gasteiger partial charge in [-0.1, -0.05) is 0 Å². The zero-order valence-corrected chi connectivity index (χ0v) is 12.9. The lowest BCUT2D eigenvalue weighted by atomic mass is 10.1. The van der Waals surface area contributed by atoms with Gasteiger partial charge in [-0.15, -0.1) is 0 Å². The van der Waals surface area contributed by atoms with Gasteiger partial charge in [0.1, 0.15) is 29.5 Å². The maximum Gasteiger partial charge on any atom is 0.260 e. The fourth-order valence-electron chi connectivity index (χ4n) is 2.75. The lowest BCUT2D eigenvalue weighted by molar-refractivity contribution is 0.102. The molecule has 0 spiro atoms. The Morgan fingerprint density at radius 3 is 2.64 bits per heavy atom. The van der Waals surface area contributed by atoms with Crippen LogP contribution in [0.4, 0.5) is 11.6 Å². The van der Waals surface area contributed by atoms with Crippen LogP contribution in [0.1, 0.15) is 41.1 Å². The summed E-state index contributed by atoms with van der Waals surface area (Å²) >= 11 is 0. The molecule has 0 saturated carbocycles. The predicted molar refractivity (Wildman–Crippen MR) is 84.2 cm³/mol. The first-order valence-corrected chi connectivity index (χ1v) is 7.59. The van der Waals surface area contributed by atoms with Crippen LogP contribution >= 0.6 is 0 Å². The molecule has 1 fully saturated rings. The average Bonchev–Trinajstić information content (AvgIpc) is 2.87. The van der Waals surface area contributed by atoms with Crippen molar-refractivity contribution in [1.29, 1.82) is 0 Å². The fraction of sp³-hybridized carbons (Fsp3) is 0.438. The summed E-state index contributed by atoms with van der Waals surface area (Å²) in [4.78, 5) is 23.0. The Kier molecular flexibility index (Phi) is 4.09. The Hall–Kier alpha value is -2.37. The molecule has 22 heavy (non-hydrogen) atoms. The highest BCUT2D eigenvalue weighted by molar-refractivity contribution is 6.04. The summed E-state index contributed by atoms with van der Waals surface area (Å²) < 4.78 is 5.39. The number of nitrogens with zero attached hydrogens (tertiary/aromatic N) is 3. The number of carbonyl (C=O) groups is 1. The smallest absolute Gasteiger partial charge is 0.260 e. The predicted octanol–water partition coefficient (Wildman–Crippen LogP) is 2.93. The minimum Gasteiger partial charge on any atom is -0.466 e. The van der Waals surface area contributed by atoms with Crippen molar-refractivity contribution in [3.05, 3.63) is 35.5 Å². The van der Waals surface area contributed by atoms with Crippen LogP contribution in [0.15, 0.2) is 22.9 Å². The second-order valence-corrected chi connectivity index (χ2v) is 5.59. The van der Waals surface area contributed by atoms with Gasteiger partial charge in [0.25, 0.3) is 5.91 Å². The van der Waals surface area contributed by atoms with E-state index >= 15 is 0 Å². The Bertz CT molecular complexity index is 675. The van der Waals surface area contributed by atoms with Crippen LogP contribution in [0.2, 0.25) is 0 Å². The number of aromatic nitrogens is 2. The van der Waals surface area contributed by atoms with Gasteiger partial charge in [0.15, 0.2) is 0 Å². The maximum atomic E-state index is 12.3. The summed E-state index contributed by atoms with van der Waals surface area (Å²) in [7, 11) is 0. The van der Waals surface area contributed by atoms with Crippen LogP contribution in [-0.2, 0) is 0 Å². The average molecular weight is 300 g/mol. The minimum absolute atomic E-state index is 0.211. The van der Waals surface area contributed by atoms with Crippen molar-refractivity contribution >= 4 is 17.5 Å². The Morgan fingerprint density at radius 2 is 1.95 bits per heavy atom. The molecule has 2 aromatic heterocycles. The van der Waals surface area contributed by atoms with Gasteiger partial charge in [-0.2, -0.15) is 0 Å². The van der Waals surface area contributed by atoms with Crippen LogP contribution in [0, 0.1) is 13.8 Å². The Balaban J connectivity index is 1.75. The Morgan fingerprint density at radius 1 is 1.18 bits per heavy atom. The number of rotatable bonds is 3. The van der Waals surface area contributed by atoms with E-state index in [2.05, 4.69) is 20.2 Å². The molecule has 0 atom stereocenters. The van der Waals surface area contributed by atoms with E-state index in [1.807, 2.05) is 13.0 Å². The zero-order valence-electron chi connectivity index (χ0n) is 12.9. The van der Waals surface area contributed by atoms with E-state index < -0.39 is 0 Å². The molecular formula is C16H20N4O2. The van der Waals surface area contributed by atoms with Gasteiger partial charge in [0, 0.05) is 19.2 Å². The molecule has 1 aliphatic heterocycles. The van der Waals surface area contributed by atoms with Crippen molar-refractivity contribution in [3.63, 3.8) is 0 Å². The normalized spacial score (nSPS) is 14.9. The van der Waals surface area contributed by atoms with Gasteiger partial charge < -0.3 is 14.6 Å². The number of aryl methyl sites for hydroxylation is 2. The summed E-state index contributed by atoms with van der Waals surface area (Å²) in [6.07, 6.45) is 5.12. The highest BCUT2D eigenvalue weighted by atomic mass is 16.3. The molecule has 2 aromatic rings. The van der Waals surface area contributed by atoms with E-state index in [1.165, 1.54) is 25.6 Å². The van der Waals surface area contributed by atoms with Gasteiger partial charge in [0.05, 0.1) is 5.56 Å². The van der Waals surface area contributed by atoms with E-state index in [0.29, 0.717) is 17.1 Å². The van der Waals surface area contributed by atoms with Crippen molar-refractivity contribution in [2.45, 2.75) is 33.1 Å².